The Hall–Kier alpha value is -0.980. The molecule has 1 atom stereocenters. The van der Waals surface area contributed by atoms with Gasteiger partial charge in [-0.2, -0.15) is 0 Å². The van der Waals surface area contributed by atoms with E-state index in [2.05, 4.69) is 11.4 Å². The first kappa shape index (κ1) is 17.1. The van der Waals surface area contributed by atoms with E-state index in [0.29, 0.717) is 39.5 Å². The lowest BCUT2D eigenvalue weighted by Gasteiger charge is -2.12. The van der Waals surface area contributed by atoms with Crippen LogP contribution in [-0.2, 0) is 27.4 Å². The van der Waals surface area contributed by atoms with Crippen LogP contribution >= 0.6 is 0 Å². The maximum atomic E-state index is 9.72. The van der Waals surface area contributed by atoms with Gasteiger partial charge in [0.15, 0.2) is 0 Å². The molecule has 0 saturated heterocycles. The lowest BCUT2D eigenvalue weighted by molar-refractivity contribution is 0.0137. The largest absolute Gasteiger partial charge is 0.389 e. The van der Waals surface area contributed by atoms with E-state index in [-0.39, 0.29) is 0 Å². The molecule has 0 spiro atoms. The molecule has 0 fully saturated rings. The van der Waals surface area contributed by atoms with Crippen LogP contribution in [0.25, 0.3) is 0 Å². The first-order chi connectivity index (χ1) is 9.76. The van der Waals surface area contributed by atoms with E-state index < -0.39 is 6.10 Å². The molecule has 0 bridgehead atoms. The summed E-state index contributed by atoms with van der Waals surface area (Å²) in [5, 5.41) is 12.9. The third-order valence-corrected chi connectivity index (χ3v) is 2.75. The van der Waals surface area contributed by atoms with Crippen LogP contribution in [0.3, 0.4) is 0 Å². The lowest BCUT2D eigenvalue weighted by atomic mass is 10.1. The molecule has 1 aromatic rings. The monoisotopic (exact) mass is 283 g/mol. The summed E-state index contributed by atoms with van der Waals surface area (Å²) in [4.78, 5) is 0. The van der Waals surface area contributed by atoms with Crippen molar-refractivity contribution < 1.29 is 19.3 Å². The van der Waals surface area contributed by atoms with Gasteiger partial charge >= 0.3 is 0 Å². The first-order valence-electron chi connectivity index (χ1n) is 6.78. The summed E-state index contributed by atoms with van der Waals surface area (Å²) in [6.07, 6.45) is -0.506. The number of aliphatic hydroxyl groups is 1. The van der Waals surface area contributed by atoms with Crippen molar-refractivity contribution in [2.24, 2.45) is 0 Å². The van der Waals surface area contributed by atoms with E-state index >= 15 is 0 Å². The summed E-state index contributed by atoms with van der Waals surface area (Å²) < 4.78 is 15.2. The van der Waals surface area contributed by atoms with Crippen molar-refractivity contribution in [1.29, 1.82) is 0 Å². The molecule has 0 aliphatic heterocycles. The van der Waals surface area contributed by atoms with Crippen molar-refractivity contribution in [3.8, 4) is 0 Å². The highest BCUT2D eigenvalue weighted by molar-refractivity contribution is 5.22. The van der Waals surface area contributed by atoms with Gasteiger partial charge in [-0.25, -0.2) is 0 Å². The van der Waals surface area contributed by atoms with Crippen LogP contribution in [0, 0.1) is 0 Å². The van der Waals surface area contributed by atoms with Gasteiger partial charge in [-0.1, -0.05) is 24.3 Å². The molecule has 114 valence electrons. The zero-order chi connectivity index (χ0) is 14.6. The second-order valence-electron chi connectivity index (χ2n) is 4.61. The Bertz CT molecular complexity index is 359. The molecular formula is C15H25NO4. The van der Waals surface area contributed by atoms with Gasteiger partial charge in [0.05, 0.1) is 32.5 Å². The van der Waals surface area contributed by atoms with Gasteiger partial charge in [0, 0.05) is 27.3 Å². The Labute approximate surface area is 120 Å². The van der Waals surface area contributed by atoms with E-state index in [0.717, 1.165) is 5.56 Å². The fourth-order valence-corrected chi connectivity index (χ4v) is 1.80. The third kappa shape index (κ3) is 7.57. The molecule has 0 aliphatic carbocycles. The first-order valence-corrected chi connectivity index (χ1v) is 6.78. The molecule has 5 nitrogen and oxygen atoms in total. The molecule has 0 amide bonds. The number of benzene rings is 1. The molecule has 0 saturated carbocycles. The molecule has 0 heterocycles. The van der Waals surface area contributed by atoms with Gasteiger partial charge in [0.2, 0.25) is 0 Å². The summed E-state index contributed by atoms with van der Waals surface area (Å²) >= 11 is 0. The van der Waals surface area contributed by atoms with E-state index in [4.69, 9.17) is 14.2 Å². The molecule has 0 radical (unpaired) electrons. The van der Waals surface area contributed by atoms with Crippen molar-refractivity contribution in [2.75, 3.05) is 40.6 Å². The molecule has 1 rings (SSSR count). The third-order valence-electron chi connectivity index (χ3n) is 2.75. The number of hydrogen-bond acceptors (Lipinski definition) is 5. The minimum Gasteiger partial charge on any atom is -0.389 e. The molecule has 20 heavy (non-hydrogen) atoms. The normalized spacial score (nSPS) is 12.6. The average Bonchev–Trinajstić information content (AvgIpc) is 2.44. The smallest absolute Gasteiger partial charge is 0.0897 e. The summed E-state index contributed by atoms with van der Waals surface area (Å²) in [5.41, 5.74) is 2.32. The Balaban J connectivity index is 2.18. The van der Waals surface area contributed by atoms with Crippen LogP contribution < -0.4 is 5.32 Å². The van der Waals surface area contributed by atoms with E-state index in [1.54, 1.807) is 14.2 Å². The van der Waals surface area contributed by atoms with Gasteiger partial charge < -0.3 is 24.6 Å². The molecule has 2 N–H and O–H groups in total. The topological polar surface area (TPSA) is 60.0 Å². The number of ether oxygens (including phenoxy) is 3. The number of rotatable bonds is 11. The number of nitrogens with one attached hydrogen (secondary N) is 1. The summed E-state index contributed by atoms with van der Waals surface area (Å²) in [5.74, 6) is 0. The number of hydrogen-bond donors (Lipinski definition) is 2. The fraction of sp³-hybridized carbons (Fsp3) is 0.600. The quantitative estimate of drug-likeness (QED) is 0.592. The second kappa shape index (κ2) is 10.8. The standard InChI is InChI=1S/C15H25NO4/c1-18-6-7-20-12-15(17)10-16-9-13-4-3-5-14(8-13)11-19-2/h3-5,8,15-17H,6-7,9-12H2,1-2H3. The van der Waals surface area contributed by atoms with Crippen molar-refractivity contribution in [1.82, 2.24) is 5.32 Å². The van der Waals surface area contributed by atoms with Gasteiger partial charge in [0.1, 0.15) is 0 Å². The fourth-order valence-electron chi connectivity index (χ4n) is 1.80. The molecular weight excluding hydrogens is 258 g/mol. The van der Waals surface area contributed by atoms with E-state index in [1.807, 2.05) is 18.2 Å². The lowest BCUT2D eigenvalue weighted by Crippen LogP contribution is -2.30. The Morgan fingerprint density at radius 3 is 2.70 bits per heavy atom. The predicted octanol–water partition coefficient (Wildman–Crippen LogP) is 0.946. The highest BCUT2D eigenvalue weighted by atomic mass is 16.5. The van der Waals surface area contributed by atoms with Crippen LogP contribution in [0.1, 0.15) is 11.1 Å². The Morgan fingerprint density at radius 1 is 1.15 bits per heavy atom. The second-order valence-corrected chi connectivity index (χ2v) is 4.61. The van der Waals surface area contributed by atoms with Crippen molar-refractivity contribution in [3.05, 3.63) is 35.4 Å². The minimum atomic E-state index is -0.506. The molecule has 1 aromatic carbocycles. The van der Waals surface area contributed by atoms with Gasteiger partial charge in [0.25, 0.3) is 0 Å². The zero-order valence-corrected chi connectivity index (χ0v) is 12.3. The number of aliphatic hydroxyl groups excluding tert-OH is 1. The van der Waals surface area contributed by atoms with Gasteiger partial charge in [-0.3, -0.25) is 0 Å². The SMILES string of the molecule is COCCOCC(O)CNCc1cccc(COC)c1. The molecule has 5 heteroatoms. The zero-order valence-electron chi connectivity index (χ0n) is 12.3. The van der Waals surface area contributed by atoms with Crippen LogP contribution in [0.5, 0.6) is 0 Å². The van der Waals surface area contributed by atoms with Gasteiger partial charge in [-0.05, 0) is 11.1 Å². The van der Waals surface area contributed by atoms with Crippen molar-refractivity contribution in [3.63, 3.8) is 0 Å². The van der Waals surface area contributed by atoms with E-state index in [1.165, 1.54) is 5.56 Å². The molecule has 0 aliphatic rings. The number of methoxy groups -OCH3 is 2. The van der Waals surface area contributed by atoms with Crippen LogP contribution in [0.15, 0.2) is 24.3 Å². The maximum Gasteiger partial charge on any atom is 0.0897 e. The average molecular weight is 283 g/mol. The van der Waals surface area contributed by atoms with Crippen LogP contribution in [0.2, 0.25) is 0 Å². The molecule has 0 aromatic heterocycles. The molecule has 1 unspecified atom stereocenters. The Kier molecular flexibility index (Phi) is 9.19. The van der Waals surface area contributed by atoms with E-state index in [9.17, 15) is 5.11 Å². The van der Waals surface area contributed by atoms with Gasteiger partial charge in [-0.15, -0.1) is 0 Å². The predicted molar refractivity (Wildman–Crippen MR) is 77.6 cm³/mol. The maximum absolute atomic E-state index is 9.72. The van der Waals surface area contributed by atoms with Crippen LogP contribution in [-0.4, -0.2) is 51.8 Å². The Morgan fingerprint density at radius 2 is 1.95 bits per heavy atom. The van der Waals surface area contributed by atoms with Crippen molar-refractivity contribution in [2.45, 2.75) is 19.3 Å². The summed E-state index contributed by atoms with van der Waals surface area (Å²) in [6.45, 7) is 3.21. The summed E-state index contributed by atoms with van der Waals surface area (Å²) in [7, 11) is 3.31. The highest BCUT2D eigenvalue weighted by Gasteiger charge is 2.04. The summed E-state index contributed by atoms with van der Waals surface area (Å²) in [6, 6.07) is 8.19. The van der Waals surface area contributed by atoms with Crippen molar-refractivity contribution >= 4 is 0 Å². The van der Waals surface area contributed by atoms with Crippen LogP contribution in [0.4, 0.5) is 0 Å². The minimum absolute atomic E-state index is 0.320. The highest BCUT2D eigenvalue weighted by Crippen LogP contribution is 2.06.